The minimum absolute atomic E-state index is 0.433. The molecule has 0 aliphatic rings. The van der Waals surface area contributed by atoms with E-state index in [1.54, 1.807) is 0 Å². The van der Waals surface area contributed by atoms with Crippen molar-refractivity contribution in [3.63, 3.8) is 0 Å². The maximum atomic E-state index is 5.97. The number of halogens is 1. The van der Waals surface area contributed by atoms with E-state index in [9.17, 15) is 0 Å². The van der Waals surface area contributed by atoms with Crippen molar-refractivity contribution in [1.29, 1.82) is 0 Å². The summed E-state index contributed by atoms with van der Waals surface area (Å²) in [5.41, 5.74) is 1.29. The third kappa shape index (κ3) is 3.42. The number of benzene rings is 1. The molecule has 0 aliphatic heterocycles. The van der Waals surface area contributed by atoms with E-state index in [0.29, 0.717) is 24.3 Å². The third-order valence-electron chi connectivity index (χ3n) is 2.59. The molecule has 0 radical (unpaired) electrons. The number of hydrogen-bond donors (Lipinski definition) is 0. The Morgan fingerprint density at radius 2 is 1.80 bits per heavy atom. The average Bonchev–Trinajstić information content (AvgIpc) is 2.21. The highest BCUT2D eigenvalue weighted by molar-refractivity contribution is 6.18. The molecule has 1 aromatic rings. The lowest BCUT2D eigenvalue weighted by Crippen LogP contribution is -2.08. The van der Waals surface area contributed by atoms with Crippen molar-refractivity contribution < 1.29 is 4.74 Å². The lowest BCUT2D eigenvalue weighted by Gasteiger charge is -2.18. The van der Waals surface area contributed by atoms with Gasteiger partial charge in [0.05, 0.1) is 6.61 Å². The Morgan fingerprint density at radius 3 is 2.20 bits per heavy atom. The second kappa shape index (κ2) is 6.02. The molecule has 1 nitrogen and oxygen atoms in total. The zero-order valence-electron chi connectivity index (χ0n) is 9.66. The van der Waals surface area contributed by atoms with Crippen LogP contribution in [0.2, 0.25) is 0 Å². The van der Waals surface area contributed by atoms with Gasteiger partial charge in [0.1, 0.15) is 5.75 Å². The van der Waals surface area contributed by atoms with E-state index >= 15 is 0 Å². The fourth-order valence-corrected chi connectivity index (χ4v) is 2.16. The van der Waals surface area contributed by atoms with Crippen LogP contribution < -0.4 is 4.74 Å². The van der Waals surface area contributed by atoms with Crippen LogP contribution in [-0.4, -0.2) is 12.5 Å². The molecule has 0 bridgehead atoms. The van der Waals surface area contributed by atoms with Crippen molar-refractivity contribution in [3.05, 3.63) is 29.8 Å². The van der Waals surface area contributed by atoms with Gasteiger partial charge in [-0.05, 0) is 36.5 Å². The average molecular weight is 227 g/mol. The van der Waals surface area contributed by atoms with Crippen LogP contribution in [0.15, 0.2) is 24.3 Å². The zero-order valence-corrected chi connectivity index (χ0v) is 10.4. The number of hydrogen-bond acceptors (Lipinski definition) is 1. The Hall–Kier alpha value is -0.690. The van der Waals surface area contributed by atoms with Crippen molar-refractivity contribution in [2.45, 2.75) is 26.7 Å². The summed E-state index contributed by atoms with van der Waals surface area (Å²) in [7, 11) is 0. The van der Waals surface area contributed by atoms with E-state index in [2.05, 4.69) is 26.0 Å². The van der Waals surface area contributed by atoms with Crippen LogP contribution in [0, 0.1) is 5.92 Å². The van der Waals surface area contributed by atoms with Crippen molar-refractivity contribution >= 4 is 11.6 Å². The fraction of sp³-hybridized carbons (Fsp3) is 0.538. The number of rotatable bonds is 5. The van der Waals surface area contributed by atoms with Crippen LogP contribution in [0.4, 0.5) is 0 Å². The van der Waals surface area contributed by atoms with E-state index in [1.165, 1.54) is 5.56 Å². The summed E-state index contributed by atoms with van der Waals surface area (Å²) in [5.74, 6) is 2.60. The molecule has 2 heteroatoms. The van der Waals surface area contributed by atoms with E-state index in [-0.39, 0.29) is 0 Å². The van der Waals surface area contributed by atoms with E-state index in [0.717, 1.165) is 5.75 Å². The summed E-state index contributed by atoms with van der Waals surface area (Å²) in [5, 5.41) is 0. The van der Waals surface area contributed by atoms with Gasteiger partial charge in [0.2, 0.25) is 0 Å². The zero-order chi connectivity index (χ0) is 11.3. The minimum atomic E-state index is 0.433. The molecule has 15 heavy (non-hydrogen) atoms. The summed E-state index contributed by atoms with van der Waals surface area (Å²) in [6.07, 6.45) is 0. The Kier molecular flexibility index (Phi) is 4.97. The maximum absolute atomic E-state index is 5.97. The van der Waals surface area contributed by atoms with Crippen molar-refractivity contribution in [2.75, 3.05) is 12.5 Å². The predicted molar refractivity (Wildman–Crippen MR) is 65.9 cm³/mol. The molecule has 0 heterocycles. The maximum Gasteiger partial charge on any atom is 0.119 e. The molecule has 1 aromatic carbocycles. The molecular formula is C13H19ClO. The van der Waals surface area contributed by atoms with Crippen LogP contribution >= 0.6 is 11.6 Å². The van der Waals surface area contributed by atoms with Crippen LogP contribution in [0.25, 0.3) is 0 Å². The van der Waals surface area contributed by atoms with E-state index in [1.807, 2.05) is 19.1 Å². The molecule has 0 spiro atoms. The number of ether oxygens (including phenoxy) is 1. The second-order valence-electron chi connectivity index (χ2n) is 4.01. The van der Waals surface area contributed by atoms with Gasteiger partial charge in [-0.1, -0.05) is 26.0 Å². The van der Waals surface area contributed by atoms with Gasteiger partial charge in [-0.2, -0.15) is 0 Å². The van der Waals surface area contributed by atoms with Gasteiger partial charge in [-0.15, -0.1) is 11.6 Å². The normalized spacial score (nSPS) is 12.9. The highest BCUT2D eigenvalue weighted by Gasteiger charge is 2.14. The molecule has 0 amide bonds. The molecule has 0 fully saturated rings. The Bertz CT molecular complexity index is 279. The molecule has 1 atom stereocenters. The van der Waals surface area contributed by atoms with Crippen LogP contribution in [-0.2, 0) is 0 Å². The first-order chi connectivity index (χ1) is 7.19. The molecule has 0 saturated heterocycles. The first-order valence-electron chi connectivity index (χ1n) is 5.47. The predicted octanol–water partition coefficient (Wildman–Crippen LogP) is 4.06. The van der Waals surface area contributed by atoms with Gasteiger partial charge in [0.25, 0.3) is 0 Å². The molecule has 0 saturated carbocycles. The minimum Gasteiger partial charge on any atom is -0.494 e. The van der Waals surface area contributed by atoms with E-state index in [4.69, 9.17) is 16.3 Å². The van der Waals surface area contributed by atoms with Crippen molar-refractivity contribution in [1.82, 2.24) is 0 Å². The molecule has 84 valence electrons. The topological polar surface area (TPSA) is 9.23 Å². The van der Waals surface area contributed by atoms with Gasteiger partial charge >= 0.3 is 0 Å². The summed E-state index contributed by atoms with van der Waals surface area (Å²) in [6.45, 7) is 7.10. The summed E-state index contributed by atoms with van der Waals surface area (Å²) in [4.78, 5) is 0. The highest BCUT2D eigenvalue weighted by atomic mass is 35.5. The summed E-state index contributed by atoms with van der Waals surface area (Å²) in [6, 6.07) is 8.25. The Labute approximate surface area is 97.4 Å². The summed E-state index contributed by atoms with van der Waals surface area (Å²) < 4.78 is 5.40. The smallest absolute Gasteiger partial charge is 0.119 e. The molecule has 0 N–H and O–H groups in total. The first-order valence-corrected chi connectivity index (χ1v) is 6.01. The SMILES string of the molecule is CCOc1ccc(C(CCl)C(C)C)cc1. The largest absolute Gasteiger partial charge is 0.494 e. The van der Waals surface area contributed by atoms with Crippen molar-refractivity contribution in [3.8, 4) is 5.75 Å². The Morgan fingerprint density at radius 1 is 1.20 bits per heavy atom. The standard InChI is InChI=1S/C13H19ClO/c1-4-15-12-7-5-11(6-8-12)13(9-14)10(2)3/h5-8,10,13H,4,9H2,1-3H3. The van der Waals surface area contributed by atoms with Gasteiger partial charge in [0, 0.05) is 5.88 Å². The molecule has 0 aromatic heterocycles. The second-order valence-corrected chi connectivity index (χ2v) is 4.32. The fourth-order valence-electron chi connectivity index (χ4n) is 1.63. The molecule has 0 aliphatic carbocycles. The van der Waals surface area contributed by atoms with Gasteiger partial charge < -0.3 is 4.74 Å². The quantitative estimate of drug-likeness (QED) is 0.688. The van der Waals surface area contributed by atoms with Gasteiger partial charge in [0.15, 0.2) is 0 Å². The molecule has 1 unspecified atom stereocenters. The highest BCUT2D eigenvalue weighted by Crippen LogP contribution is 2.27. The number of alkyl halides is 1. The van der Waals surface area contributed by atoms with Crippen LogP contribution in [0.1, 0.15) is 32.3 Å². The molecular weight excluding hydrogens is 208 g/mol. The lowest BCUT2D eigenvalue weighted by atomic mass is 9.90. The lowest BCUT2D eigenvalue weighted by molar-refractivity contribution is 0.340. The van der Waals surface area contributed by atoms with E-state index < -0.39 is 0 Å². The van der Waals surface area contributed by atoms with Crippen molar-refractivity contribution in [2.24, 2.45) is 5.92 Å². The first kappa shape index (κ1) is 12.4. The monoisotopic (exact) mass is 226 g/mol. The van der Waals surface area contributed by atoms with Gasteiger partial charge in [-0.25, -0.2) is 0 Å². The Balaban J connectivity index is 2.77. The third-order valence-corrected chi connectivity index (χ3v) is 2.92. The van der Waals surface area contributed by atoms with Crippen LogP contribution in [0.5, 0.6) is 5.75 Å². The molecule has 1 rings (SSSR count). The summed E-state index contributed by atoms with van der Waals surface area (Å²) >= 11 is 5.97. The van der Waals surface area contributed by atoms with Gasteiger partial charge in [-0.3, -0.25) is 0 Å². The van der Waals surface area contributed by atoms with Crippen LogP contribution in [0.3, 0.4) is 0 Å².